The highest BCUT2D eigenvalue weighted by Crippen LogP contribution is 2.33. The summed E-state index contributed by atoms with van der Waals surface area (Å²) >= 11 is 0. The van der Waals surface area contributed by atoms with Crippen molar-refractivity contribution in [3.05, 3.63) is 18.6 Å². The van der Waals surface area contributed by atoms with E-state index in [1.807, 2.05) is 6.07 Å². The molecule has 1 aliphatic rings. The summed E-state index contributed by atoms with van der Waals surface area (Å²) in [5.74, 6) is 0.937. The Balaban J connectivity index is 2.04. The van der Waals surface area contributed by atoms with Crippen molar-refractivity contribution < 1.29 is 0 Å². The maximum absolute atomic E-state index is 4.12. The zero-order valence-electron chi connectivity index (χ0n) is 7.25. The molecule has 1 saturated carbocycles. The van der Waals surface area contributed by atoms with E-state index in [1.54, 1.807) is 12.5 Å². The van der Waals surface area contributed by atoms with Crippen molar-refractivity contribution in [2.24, 2.45) is 0 Å². The van der Waals surface area contributed by atoms with E-state index in [4.69, 9.17) is 0 Å². The summed E-state index contributed by atoms with van der Waals surface area (Å²) in [5, 5.41) is 3.40. The molecule has 0 saturated heterocycles. The molecule has 2 rings (SSSR count). The second-order valence-corrected chi connectivity index (χ2v) is 3.63. The van der Waals surface area contributed by atoms with Crippen LogP contribution < -0.4 is 5.32 Å². The zero-order chi connectivity index (χ0) is 8.44. The Kier molecular flexibility index (Phi) is 1.71. The number of nitrogens with one attached hydrogen (secondary N) is 1. The number of hydrogen-bond acceptors (Lipinski definition) is 3. The molecule has 12 heavy (non-hydrogen) atoms. The van der Waals surface area contributed by atoms with E-state index in [2.05, 4.69) is 22.2 Å². The molecule has 1 N–H and O–H groups in total. The van der Waals surface area contributed by atoms with Crippen LogP contribution in [0.1, 0.15) is 26.2 Å². The van der Waals surface area contributed by atoms with Crippen LogP contribution in [-0.2, 0) is 0 Å². The van der Waals surface area contributed by atoms with Crippen LogP contribution in [0, 0.1) is 0 Å². The summed E-state index contributed by atoms with van der Waals surface area (Å²) in [6.45, 7) is 2.23. The van der Waals surface area contributed by atoms with Gasteiger partial charge in [0.15, 0.2) is 0 Å². The first kappa shape index (κ1) is 7.53. The Bertz CT molecular complexity index is 254. The standard InChI is InChI=1S/C9H13N3/c1-9(4-2-5-9)12-8-3-6-10-7-11-8/h3,6-7H,2,4-5H2,1H3,(H,10,11,12). The predicted octanol–water partition coefficient (Wildman–Crippen LogP) is 1.83. The van der Waals surface area contributed by atoms with Crippen LogP contribution in [0.4, 0.5) is 5.82 Å². The van der Waals surface area contributed by atoms with Crippen molar-refractivity contribution in [1.29, 1.82) is 0 Å². The summed E-state index contributed by atoms with van der Waals surface area (Å²) in [4.78, 5) is 7.99. The minimum absolute atomic E-state index is 0.286. The molecule has 0 aliphatic heterocycles. The lowest BCUT2D eigenvalue weighted by Crippen LogP contribution is -2.41. The van der Waals surface area contributed by atoms with E-state index in [-0.39, 0.29) is 5.54 Å². The summed E-state index contributed by atoms with van der Waals surface area (Å²) < 4.78 is 0. The van der Waals surface area contributed by atoms with Gasteiger partial charge in [-0.1, -0.05) is 0 Å². The van der Waals surface area contributed by atoms with Gasteiger partial charge >= 0.3 is 0 Å². The lowest BCUT2D eigenvalue weighted by atomic mass is 9.78. The quantitative estimate of drug-likeness (QED) is 0.722. The van der Waals surface area contributed by atoms with Gasteiger partial charge in [0.2, 0.25) is 0 Å². The Morgan fingerprint density at radius 3 is 2.83 bits per heavy atom. The van der Waals surface area contributed by atoms with Gasteiger partial charge in [0.25, 0.3) is 0 Å². The van der Waals surface area contributed by atoms with Crippen LogP contribution in [0.2, 0.25) is 0 Å². The van der Waals surface area contributed by atoms with Crippen molar-refractivity contribution in [2.75, 3.05) is 5.32 Å². The maximum Gasteiger partial charge on any atom is 0.129 e. The smallest absolute Gasteiger partial charge is 0.129 e. The molecule has 1 aromatic heterocycles. The molecular formula is C9H13N3. The Morgan fingerprint density at radius 1 is 1.50 bits per heavy atom. The Labute approximate surface area is 72.2 Å². The lowest BCUT2D eigenvalue weighted by Gasteiger charge is -2.39. The highest BCUT2D eigenvalue weighted by atomic mass is 15.1. The SMILES string of the molecule is CC1(Nc2ccncn2)CCC1. The summed E-state index contributed by atoms with van der Waals surface area (Å²) in [6, 6.07) is 1.91. The van der Waals surface area contributed by atoms with Crippen molar-refractivity contribution >= 4 is 5.82 Å². The lowest BCUT2D eigenvalue weighted by molar-refractivity contribution is 0.305. The van der Waals surface area contributed by atoms with E-state index >= 15 is 0 Å². The first-order valence-corrected chi connectivity index (χ1v) is 4.33. The first-order valence-electron chi connectivity index (χ1n) is 4.33. The van der Waals surface area contributed by atoms with E-state index in [0.717, 1.165) is 5.82 Å². The van der Waals surface area contributed by atoms with Gasteiger partial charge in [-0.15, -0.1) is 0 Å². The minimum atomic E-state index is 0.286. The van der Waals surface area contributed by atoms with Crippen molar-refractivity contribution in [2.45, 2.75) is 31.7 Å². The molecule has 0 spiro atoms. The molecule has 3 nitrogen and oxygen atoms in total. The molecule has 0 amide bonds. The number of aromatic nitrogens is 2. The third-order valence-corrected chi connectivity index (χ3v) is 2.47. The van der Waals surface area contributed by atoms with E-state index < -0.39 is 0 Å². The largest absolute Gasteiger partial charge is 0.365 e. The molecule has 1 aliphatic carbocycles. The highest BCUT2D eigenvalue weighted by molar-refractivity contribution is 5.36. The molecule has 0 aromatic carbocycles. The monoisotopic (exact) mass is 163 g/mol. The highest BCUT2D eigenvalue weighted by Gasteiger charge is 2.31. The van der Waals surface area contributed by atoms with Crippen LogP contribution in [0.3, 0.4) is 0 Å². The molecule has 0 atom stereocenters. The molecule has 1 heterocycles. The van der Waals surface area contributed by atoms with Crippen molar-refractivity contribution in [1.82, 2.24) is 9.97 Å². The van der Waals surface area contributed by atoms with E-state index in [1.165, 1.54) is 19.3 Å². The minimum Gasteiger partial charge on any atom is -0.365 e. The molecule has 3 heteroatoms. The molecule has 1 aromatic rings. The van der Waals surface area contributed by atoms with Crippen LogP contribution in [0.15, 0.2) is 18.6 Å². The van der Waals surface area contributed by atoms with Gasteiger partial charge in [-0.3, -0.25) is 0 Å². The fourth-order valence-electron chi connectivity index (χ4n) is 1.51. The number of anilines is 1. The molecule has 0 radical (unpaired) electrons. The number of rotatable bonds is 2. The van der Waals surface area contributed by atoms with Gasteiger partial charge in [0.1, 0.15) is 12.1 Å². The molecule has 1 fully saturated rings. The number of hydrogen-bond donors (Lipinski definition) is 1. The first-order chi connectivity index (χ1) is 5.79. The van der Waals surface area contributed by atoms with Gasteiger partial charge in [-0.2, -0.15) is 0 Å². The predicted molar refractivity (Wildman–Crippen MR) is 47.9 cm³/mol. The van der Waals surface area contributed by atoms with Gasteiger partial charge in [-0.25, -0.2) is 9.97 Å². The van der Waals surface area contributed by atoms with E-state index in [9.17, 15) is 0 Å². The maximum atomic E-state index is 4.12. The second kappa shape index (κ2) is 2.73. The summed E-state index contributed by atoms with van der Waals surface area (Å²) in [6.07, 6.45) is 7.16. The zero-order valence-corrected chi connectivity index (χ0v) is 7.25. The summed E-state index contributed by atoms with van der Waals surface area (Å²) in [7, 11) is 0. The second-order valence-electron chi connectivity index (χ2n) is 3.63. The average Bonchev–Trinajstić information content (AvgIpc) is 2.04. The third kappa shape index (κ3) is 1.40. The third-order valence-electron chi connectivity index (χ3n) is 2.47. The fourth-order valence-corrected chi connectivity index (χ4v) is 1.51. The topological polar surface area (TPSA) is 37.8 Å². The van der Waals surface area contributed by atoms with Crippen LogP contribution in [0.5, 0.6) is 0 Å². The van der Waals surface area contributed by atoms with Crippen molar-refractivity contribution in [3.8, 4) is 0 Å². The van der Waals surface area contributed by atoms with Gasteiger partial charge in [0.05, 0.1) is 0 Å². The van der Waals surface area contributed by atoms with Crippen LogP contribution in [-0.4, -0.2) is 15.5 Å². The van der Waals surface area contributed by atoms with E-state index in [0.29, 0.717) is 0 Å². The van der Waals surface area contributed by atoms with Gasteiger partial charge in [-0.05, 0) is 32.3 Å². The molecular weight excluding hydrogens is 150 g/mol. The average molecular weight is 163 g/mol. The van der Waals surface area contributed by atoms with Crippen molar-refractivity contribution in [3.63, 3.8) is 0 Å². The normalized spacial score (nSPS) is 19.8. The van der Waals surface area contributed by atoms with Crippen LogP contribution >= 0.6 is 0 Å². The van der Waals surface area contributed by atoms with Gasteiger partial charge < -0.3 is 5.32 Å². The molecule has 64 valence electrons. The molecule has 0 bridgehead atoms. The number of nitrogens with zero attached hydrogens (tertiary/aromatic N) is 2. The Hall–Kier alpha value is -1.12. The Morgan fingerprint density at radius 2 is 2.33 bits per heavy atom. The molecule has 0 unspecified atom stereocenters. The summed E-state index contributed by atoms with van der Waals surface area (Å²) in [5.41, 5.74) is 0.286. The fraction of sp³-hybridized carbons (Fsp3) is 0.556. The van der Waals surface area contributed by atoms with Gasteiger partial charge in [0, 0.05) is 11.7 Å². The van der Waals surface area contributed by atoms with Crippen LogP contribution in [0.25, 0.3) is 0 Å².